The molecule has 0 bridgehead atoms. The minimum absolute atomic E-state index is 0.0943. The fourth-order valence-corrected chi connectivity index (χ4v) is 1.74. The van der Waals surface area contributed by atoms with Crippen molar-refractivity contribution in [3.05, 3.63) is 35.7 Å². The van der Waals surface area contributed by atoms with Gasteiger partial charge in [0.1, 0.15) is 0 Å². The van der Waals surface area contributed by atoms with E-state index in [1.807, 2.05) is 14.1 Å². The van der Waals surface area contributed by atoms with Crippen molar-refractivity contribution in [1.29, 1.82) is 0 Å². The number of aromatic nitrogens is 2. The van der Waals surface area contributed by atoms with Crippen LogP contribution in [-0.4, -0.2) is 47.1 Å². The van der Waals surface area contributed by atoms with Crippen LogP contribution in [0.4, 0.5) is 0 Å². The van der Waals surface area contributed by atoms with E-state index in [4.69, 9.17) is 4.52 Å². The molecular formula is C16H22N4O2. The number of benzene rings is 1. The summed E-state index contributed by atoms with van der Waals surface area (Å²) >= 11 is 0. The third-order valence-electron chi connectivity index (χ3n) is 3.81. The van der Waals surface area contributed by atoms with Gasteiger partial charge >= 0.3 is 0 Å². The van der Waals surface area contributed by atoms with Gasteiger partial charge in [-0.05, 0) is 59.1 Å². The van der Waals surface area contributed by atoms with Crippen molar-refractivity contribution in [2.24, 2.45) is 0 Å². The zero-order valence-electron chi connectivity index (χ0n) is 13.7. The first-order chi connectivity index (χ1) is 10.3. The van der Waals surface area contributed by atoms with E-state index < -0.39 is 0 Å². The molecule has 1 amide bonds. The van der Waals surface area contributed by atoms with Crippen molar-refractivity contribution in [2.45, 2.75) is 26.3 Å². The van der Waals surface area contributed by atoms with E-state index in [1.54, 1.807) is 31.2 Å². The Morgan fingerprint density at radius 3 is 2.41 bits per heavy atom. The monoisotopic (exact) mass is 302 g/mol. The van der Waals surface area contributed by atoms with Crippen LogP contribution in [0.1, 0.15) is 30.0 Å². The number of nitrogens with zero attached hydrogens (tertiary/aromatic N) is 3. The summed E-state index contributed by atoms with van der Waals surface area (Å²) in [6.07, 6.45) is 0. The minimum Gasteiger partial charge on any atom is -0.350 e. The number of nitrogens with one attached hydrogen (secondary N) is 1. The number of amides is 1. The number of carbonyl (C=O) groups is 1. The molecule has 6 heteroatoms. The fourth-order valence-electron chi connectivity index (χ4n) is 1.74. The maximum absolute atomic E-state index is 12.2. The molecule has 0 aliphatic carbocycles. The normalized spacial score (nSPS) is 11.7. The lowest BCUT2D eigenvalue weighted by Gasteiger charge is -2.32. The Bertz CT molecular complexity index is 644. The molecule has 2 rings (SSSR count). The van der Waals surface area contributed by atoms with Crippen molar-refractivity contribution in [2.75, 3.05) is 20.6 Å². The minimum atomic E-state index is -0.100. The molecule has 0 aliphatic heterocycles. The van der Waals surface area contributed by atoms with E-state index >= 15 is 0 Å². The second-order valence-electron chi connectivity index (χ2n) is 6.11. The second kappa shape index (κ2) is 6.27. The summed E-state index contributed by atoms with van der Waals surface area (Å²) in [6.45, 7) is 6.49. The first-order valence-electron chi connectivity index (χ1n) is 7.16. The molecule has 22 heavy (non-hydrogen) atoms. The number of rotatable bonds is 5. The lowest BCUT2D eigenvalue weighted by atomic mass is 10.0. The number of likely N-dealkylation sites (N-methyl/N-ethyl adjacent to an activating group) is 1. The molecule has 1 N–H and O–H groups in total. The van der Waals surface area contributed by atoms with Gasteiger partial charge < -0.3 is 14.7 Å². The average Bonchev–Trinajstić information content (AvgIpc) is 2.91. The molecule has 1 heterocycles. The highest BCUT2D eigenvalue weighted by Gasteiger charge is 2.21. The average molecular weight is 302 g/mol. The topological polar surface area (TPSA) is 71.3 Å². The summed E-state index contributed by atoms with van der Waals surface area (Å²) < 4.78 is 5.10. The number of hydrogen-bond acceptors (Lipinski definition) is 5. The highest BCUT2D eigenvalue weighted by Crippen LogP contribution is 2.17. The van der Waals surface area contributed by atoms with Gasteiger partial charge in [-0.2, -0.15) is 4.98 Å². The molecule has 118 valence electrons. The zero-order chi connectivity index (χ0) is 16.3. The lowest BCUT2D eigenvalue weighted by molar-refractivity contribution is 0.0919. The SMILES string of the molecule is Cc1noc(-c2ccc(C(=O)NCC(C)(C)N(C)C)cc2)n1. The van der Waals surface area contributed by atoms with Gasteiger partial charge in [0.05, 0.1) is 0 Å². The van der Waals surface area contributed by atoms with Gasteiger partial charge in [0, 0.05) is 23.2 Å². The molecular weight excluding hydrogens is 280 g/mol. The predicted molar refractivity (Wildman–Crippen MR) is 84.6 cm³/mol. The summed E-state index contributed by atoms with van der Waals surface area (Å²) in [7, 11) is 3.99. The maximum Gasteiger partial charge on any atom is 0.257 e. The smallest absolute Gasteiger partial charge is 0.257 e. The van der Waals surface area contributed by atoms with E-state index in [9.17, 15) is 4.79 Å². The highest BCUT2D eigenvalue weighted by atomic mass is 16.5. The molecule has 0 unspecified atom stereocenters. The first kappa shape index (κ1) is 16.2. The van der Waals surface area contributed by atoms with Crippen molar-refractivity contribution >= 4 is 5.91 Å². The Hall–Kier alpha value is -2.21. The Labute approximate surface area is 130 Å². The van der Waals surface area contributed by atoms with E-state index in [1.165, 1.54) is 0 Å². The largest absolute Gasteiger partial charge is 0.350 e. The molecule has 1 aromatic carbocycles. The van der Waals surface area contributed by atoms with Crippen LogP contribution in [0.15, 0.2) is 28.8 Å². The van der Waals surface area contributed by atoms with Crippen LogP contribution in [0.25, 0.3) is 11.5 Å². The Morgan fingerprint density at radius 2 is 1.91 bits per heavy atom. The summed E-state index contributed by atoms with van der Waals surface area (Å²) in [5.41, 5.74) is 1.30. The molecule has 0 aliphatic rings. The van der Waals surface area contributed by atoms with Gasteiger partial charge in [0.15, 0.2) is 5.82 Å². The number of carbonyl (C=O) groups excluding carboxylic acids is 1. The Kier molecular flexibility index (Phi) is 4.61. The van der Waals surface area contributed by atoms with Gasteiger partial charge in [-0.3, -0.25) is 4.79 Å². The summed E-state index contributed by atoms with van der Waals surface area (Å²) in [4.78, 5) is 18.4. The third kappa shape index (κ3) is 3.71. The molecule has 0 spiro atoms. The first-order valence-corrected chi connectivity index (χ1v) is 7.16. The summed E-state index contributed by atoms with van der Waals surface area (Å²) in [5.74, 6) is 0.948. The Morgan fingerprint density at radius 1 is 1.27 bits per heavy atom. The summed E-state index contributed by atoms with van der Waals surface area (Å²) in [6, 6.07) is 7.12. The third-order valence-corrected chi connectivity index (χ3v) is 3.81. The van der Waals surface area contributed by atoms with Crippen LogP contribution in [0.3, 0.4) is 0 Å². The van der Waals surface area contributed by atoms with Crippen LogP contribution in [0.5, 0.6) is 0 Å². The molecule has 0 atom stereocenters. The van der Waals surface area contributed by atoms with Crippen LogP contribution in [0, 0.1) is 6.92 Å². The fraction of sp³-hybridized carbons (Fsp3) is 0.438. The maximum atomic E-state index is 12.2. The number of hydrogen-bond donors (Lipinski definition) is 1. The van der Waals surface area contributed by atoms with Crippen LogP contribution in [-0.2, 0) is 0 Å². The van der Waals surface area contributed by atoms with Crippen molar-refractivity contribution in [3.8, 4) is 11.5 Å². The quantitative estimate of drug-likeness (QED) is 0.916. The zero-order valence-corrected chi connectivity index (χ0v) is 13.7. The highest BCUT2D eigenvalue weighted by molar-refractivity contribution is 5.94. The lowest BCUT2D eigenvalue weighted by Crippen LogP contribution is -2.48. The van der Waals surface area contributed by atoms with Gasteiger partial charge in [0.25, 0.3) is 11.8 Å². The molecule has 6 nitrogen and oxygen atoms in total. The Balaban J connectivity index is 2.03. The van der Waals surface area contributed by atoms with Crippen molar-refractivity contribution < 1.29 is 9.32 Å². The standard InChI is InChI=1S/C16H22N4O2/c1-11-18-15(22-19-11)13-8-6-12(7-9-13)14(21)17-10-16(2,3)20(4)5/h6-9H,10H2,1-5H3,(H,17,21). The van der Waals surface area contributed by atoms with Crippen LogP contribution in [0.2, 0.25) is 0 Å². The predicted octanol–water partition coefficient (Wildman–Crippen LogP) is 2.12. The van der Waals surface area contributed by atoms with E-state index in [-0.39, 0.29) is 11.4 Å². The van der Waals surface area contributed by atoms with E-state index in [0.29, 0.717) is 23.8 Å². The van der Waals surface area contributed by atoms with Crippen molar-refractivity contribution in [3.63, 3.8) is 0 Å². The molecule has 2 aromatic rings. The van der Waals surface area contributed by atoms with E-state index in [0.717, 1.165) is 5.56 Å². The van der Waals surface area contributed by atoms with Gasteiger partial charge in [-0.15, -0.1) is 0 Å². The van der Waals surface area contributed by atoms with Crippen LogP contribution < -0.4 is 5.32 Å². The van der Waals surface area contributed by atoms with Gasteiger partial charge in [0.2, 0.25) is 0 Å². The van der Waals surface area contributed by atoms with Crippen LogP contribution >= 0.6 is 0 Å². The molecule has 0 fully saturated rings. The second-order valence-corrected chi connectivity index (χ2v) is 6.11. The molecule has 0 saturated heterocycles. The summed E-state index contributed by atoms with van der Waals surface area (Å²) in [5, 5.41) is 6.71. The molecule has 0 radical (unpaired) electrons. The van der Waals surface area contributed by atoms with E-state index in [2.05, 4.69) is 34.2 Å². The number of aryl methyl sites for hydroxylation is 1. The molecule has 1 aromatic heterocycles. The van der Waals surface area contributed by atoms with Crippen molar-refractivity contribution in [1.82, 2.24) is 20.4 Å². The van der Waals surface area contributed by atoms with Gasteiger partial charge in [-0.25, -0.2) is 0 Å². The van der Waals surface area contributed by atoms with Gasteiger partial charge in [-0.1, -0.05) is 5.16 Å². The molecule has 0 saturated carbocycles.